The van der Waals surface area contributed by atoms with Crippen LogP contribution in [0.1, 0.15) is 38.4 Å². The normalized spacial score (nSPS) is 19.9. The molecule has 2 aromatic heterocycles. The minimum absolute atomic E-state index is 0.0543. The summed E-state index contributed by atoms with van der Waals surface area (Å²) in [6.45, 7) is 6.89. The van der Waals surface area contributed by atoms with Crippen LogP contribution >= 0.6 is 11.6 Å². The first-order valence-electron chi connectivity index (χ1n) is 9.13. The molecule has 1 atom stereocenters. The number of nitrogens with zero attached hydrogens (tertiary/aromatic N) is 3. The highest BCUT2D eigenvalue weighted by Gasteiger charge is 2.41. The summed E-state index contributed by atoms with van der Waals surface area (Å²) in [5.74, 6) is 0. The molecule has 0 N–H and O–H groups in total. The lowest BCUT2D eigenvalue weighted by Crippen LogP contribution is -2.39. The Balaban J connectivity index is 1.75. The third-order valence-corrected chi connectivity index (χ3v) is 5.81. The molecule has 1 aliphatic carbocycles. The van der Waals surface area contributed by atoms with Gasteiger partial charge in [0.05, 0.1) is 17.4 Å². The highest BCUT2D eigenvalue weighted by Crippen LogP contribution is 2.48. The summed E-state index contributed by atoms with van der Waals surface area (Å²) < 4.78 is 0. The smallest absolute Gasteiger partial charge is 0.156 e. The minimum atomic E-state index is -0.0543. The number of hydrogen-bond acceptors (Lipinski definition) is 3. The van der Waals surface area contributed by atoms with Gasteiger partial charge in [-0.1, -0.05) is 80.9 Å². The maximum atomic E-state index is 6.20. The van der Waals surface area contributed by atoms with Crippen LogP contribution in [0.15, 0.2) is 67.0 Å². The van der Waals surface area contributed by atoms with E-state index in [1.165, 1.54) is 5.56 Å². The Bertz CT molecular complexity index is 1050. The van der Waals surface area contributed by atoms with Crippen LogP contribution in [-0.4, -0.2) is 15.0 Å². The first kappa shape index (κ1) is 17.9. The molecule has 4 rings (SSSR count). The van der Waals surface area contributed by atoms with Gasteiger partial charge in [-0.2, -0.15) is 0 Å². The summed E-state index contributed by atoms with van der Waals surface area (Å²) in [4.78, 5) is 13.3. The molecular formula is C23H22ClN3. The van der Waals surface area contributed by atoms with Crippen LogP contribution in [0.5, 0.6) is 0 Å². The topological polar surface area (TPSA) is 38.7 Å². The number of halogens is 1. The van der Waals surface area contributed by atoms with E-state index in [4.69, 9.17) is 16.6 Å². The van der Waals surface area contributed by atoms with Crippen LogP contribution in [0.4, 0.5) is 0 Å². The third kappa shape index (κ3) is 3.06. The van der Waals surface area contributed by atoms with Crippen LogP contribution in [0, 0.1) is 5.41 Å². The zero-order valence-corrected chi connectivity index (χ0v) is 16.5. The van der Waals surface area contributed by atoms with Gasteiger partial charge in [0.15, 0.2) is 5.15 Å². The molecule has 0 aliphatic heterocycles. The maximum Gasteiger partial charge on any atom is 0.156 e. The van der Waals surface area contributed by atoms with Gasteiger partial charge in [-0.25, -0.2) is 9.97 Å². The molecule has 3 nitrogen and oxygen atoms in total. The lowest BCUT2D eigenvalue weighted by atomic mass is 9.59. The van der Waals surface area contributed by atoms with E-state index in [1.54, 1.807) is 12.4 Å². The highest BCUT2D eigenvalue weighted by atomic mass is 35.5. The summed E-state index contributed by atoms with van der Waals surface area (Å²) in [6, 6.07) is 12.5. The Morgan fingerprint density at radius 1 is 1.04 bits per heavy atom. The molecule has 2 heterocycles. The molecule has 0 fully saturated rings. The first-order chi connectivity index (χ1) is 12.9. The van der Waals surface area contributed by atoms with Crippen molar-refractivity contribution in [3.8, 4) is 0 Å². The van der Waals surface area contributed by atoms with Gasteiger partial charge in [-0.15, -0.1) is 0 Å². The van der Waals surface area contributed by atoms with Gasteiger partial charge < -0.3 is 0 Å². The maximum absolute atomic E-state index is 6.20. The molecule has 4 heteroatoms. The van der Waals surface area contributed by atoms with E-state index in [1.807, 2.05) is 6.07 Å². The predicted molar refractivity (Wildman–Crippen MR) is 112 cm³/mol. The van der Waals surface area contributed by atoms with Crippen molar-refractivity contribution in [2.45, 2.75) is 32.6 Å². The fraction of sp³-hybridized carbons (Fsp3) is 0.261. The quantitative estimate of drug-likeness (QED) is 0.515. The van der Waals surface area contributed by atoms with Gasteiger partial charge in [0.25, 0.3) is 0 Å². The average Bonchev–Trinajstić information content (AvgIpc) is 2.68. The summed E-state index contributed by atoms with van der Waals surface area (Å²) in [5, 5.41) is 0.385. The standard InChI is InChI=1S/C23H22ClN3/c1-22(2,3)23(17-7-5-4-6-8-17)12-9-16(10-13-23)19-15-26-18-11-14-25-21(24)20(18)27-19/h4-12,14-15H,13H2,1-3H3. The van der Waals surface area contributed by atoms with Crippen molar-refractivity contribution >= 4 is 28.2 Å². The van der Waals surface area contributed by atoms with Crippen LogP contribution in [0.3, 0.4) is 0 Å². The molecular weight excluding hydrogens is 354 g/mol. The van der Waals surface area contributed by atoms with Gasteiger partial charge in [-0.05, 0) is 29.0 Å². The molecule has 0 radical (unpaired) electrons. The van der Waals surface area contributed by atoms with Crippen LogP contribution < -0.4 is 0 Å². The Hall–Kier alpha value is -2.52. The molecule has 1 aliphatic rings. The second-order valence-electron chi connectivity index (χ2n) is 8.01. The van der Waals surface area contributed by atoms with E-state index in [2.05, 4.69) is 79.3 Å². The van der Waals surface area contributed by atoms with Crippen molar-refractivity contribution in [1.82, 2.24) is 15.0 Å². The molecule has 27 heavy (non-hydrogen) atoms. The van der Waals surface area contributed by atoms with Crippen LogP contribution in [0.2, 0.25) is 5.15 Å². The molecule has 1 aromatic carbocycles. The van der Waals surface area contributed by atoms with E-state index in [0.717, 1.165) is 23.2 Å². The fourth-order valence-electron chi connectivity index (χ4n) is 3.81. The second kappa shape index (κ2) is 6.58. The summed E-state index contributed by atoms with van der Waals surface area (Å²) in [7, 11) is 0. The zero-order valence-electron chi connectivity index (χ0n) is 15.8. The fourth-order valence-corrected chi connectivity index (χ4v) is 4.01. The number of aromatic nitrogens is 3. The van der Waals surface area contributed by atoms with E-state index in [0.29, 0.717) is 10.7 Å². The Morgan fingerprint density at radius 2 is 1.81 bits per heavy atom. The molecule has 0 bridgehead atoms. The van der Waals surface area contributed by atoms with Crippen molar-refractivity contribution < 1.29 is 0 Å². The largest absolute Gasteiger partial charge is 0.252 e. The highest BCUT2D eigenvalue weighted by molar-refractivity contribution is 6.33. The SMILES string of the molecule is CC(C)(C)C1(c2ccccc2)C=CC(c2cnc3ccnc(Cl)c3n2)=CC1. The summed E-state index contributed by atoms with van der Waals surface area (Å²) >= 11 is 6.20. The van der Waals surface area contributed by atoms with Crippen LogP contribution in [-0.2, 0) is 5.41 Å². The predicted octanol–water partition coefficient (Wildman–Crippen LogP) is 6.01. The number of benzene rings is 1. The number of hydrogen-bond donors (Lipinski definition) is 0. The van der Waals surface area contributed by atoms with Gasteiger partial charge >= 0.3 is 0 Å². The summed E-state index contributed by atoms with van der Waals surface area (Å²) in [6.07, 6.45) is 11.1. The number of fused-ring (bicyclic) bond motifs is 1. The van der Waals surface area contributed by atoms with E-state index < -0.39 is 0 Å². The molecule has 0 amide bonds. The number of allylic oxidation sites excluding steroid dienone is 4. The first-order valence-corrected chi connectivity index (χ1v) is 9.51. The molecule has 1 unspecified atom stereocenters. The molecule has 0 spiro atoms. The monoisotopic (exact) mass is 375 g/mol. The second-order valence-corrected chi connectivity index (χ2v) is 8.37. The third-order valence-electron chi connectivity index (χ3n) is 5.53. The van der Waals surface area contributed by atoms with E-state index >= 15 is 0 Å². The average molecular weight is 376 g/mol. The van der Waals surface area contributed by atoms with Gasteiger partial charge in [0.2, 0.25) is 0 Å². The van der Waals surface area contributed by atoms with Gasteiger partial charge in [0, 0.05) is 11.6 Å². The van der Waals surface area contributed by atoms with E-state index in [9.17, 15) is 0 Å². The van der Waals surface area contributed by atoms with Gasteiger partial charge in [-0.3, -0.25) is 4.98 Å². The molecule has 0 saturated carbocycles. The Kier molecular flexibility index (Phi) is 4.35. The minimum Gasteiger partial charge on any atom is -0.252 e. The lowest BCUT2D eigenvalue weighted by molar-refractivity contribution is 0.237. The van der Waals surface area contributed by atoms with Crippen molar-refractivity contribution in [3.63, 3.8) is 0 Å². The zero-order chi connectivity index (χ0) is 19.1. The van der Waals surface area contributed by atoms with Crippen molar-refractivity contribution in [1.29, 1.82) is 0 Å². The van der Waals surface area contributed by atoms with Crippen molar-refractivity contribution in [2.24, 2.45) is 5.41 Å². The van der Waals surface area contributed by atoms with Crippen molar-refractivity contribution in [3.05, 3.63) is 83.4 Å². The lowest BCUT2D eigenvalue weighted by Gasteiger charge is -2.44. The number of pyridine rings is 1. The summed E-state index contributed by atoms with van der Waals surface area (Å²) in [5.41, 5.74) is 4.65. The van der Waals surface area contributed by atoms with E-state index in [-0.39, 0.29) is 10.8 Å². The molecule has 136 valence electrons. The Morgan fingerprint density at radius 3 is 2.48 bits per heavy atom. The molecule has 3 aromatic rings. The Labute approximate surface area is 164 Å². The van der Waals surface area contributed by atoms with Crippen LogP contribution in [0.25, 0.3) is 16.6 Å². The molecule has 0 saturated heterocycles. The van der Waals surface area contributed by atoms with Gasteiger partial charge in [0.1, 0.15) is 5.52 Å². The number of rotatable bonds is 2. The van der Waals surface area contributed by atoms with Crippen molar-refractivity contribution in [2.75, 3.05) is 0 Å².